The van der Waals surface area contributed by atoms with Crippen molar-refractivity contribution in [2.24, 2.45) is 17.3 Å². The monoisotopic (exact) mass is 739 g/mol. The van der Waals surface area contributed by atoms with Gasteiger partial charge in [0.1, 0.15) is 10.9 Å². The molecule has 3 aliphatic rings. The Morgan fingerprint density at radius 1 is 0.943 bits per heavy atom. The molecule has 0 N–H and O–H groups in total. The fourth-order valence-corrected chi connectivity index (χ4v) is 8.81. The van der Waals surface area contributed by atoms with Gasteiger partial charge in [0.15, 0.2) is 17.6 Å². The second kappa shape index (κ2) is 13.7. The highest BCUT2D eigenvalue weighted by Gasteiger charge is 2.61. The molecular weight excluding hydrogens is 703 g/mol. The van der Waals surface area contributed by atoms with E-state index in [-0.39, 0.29) is 38.9 Å². The Bertz CT molecular complexity index is 2140. The van der Waals surface area contributed by atoms with Crippen LogP contribution in [0.2, 0.25) is 0 Å². The lowest BCUT2D eigenvalue weighted by Gasteiger charge is -2.33. The normalized spacial score (nSPS) is 20.9. The average molecular weight is 740 g/mol. The van der Waals surface area contributed by atoms with E-state index in [1.54, 1.807) is 48.5 Å². The maximum atomic E-state index is 14.7. The standard InChI is InChI=1S/C39H37N3O10S/c1-39(2,3)23-15-16-26-29(19-23)53-36(30(26)38(46)50-5)40-34(43)31-32(41(52-33(31)35(40)44)24-12-9-13-25(20-24)42(47)48)22-14-17-27(28(18-22)49-4)51-37(45)21-10-7-6-8-11-21/h6-14,17-18,20,23,31-33H,15-16,19H2,1-5H3/t23-,31+,32+,33+/m1/s1. The number of methoxy groups -OCH3 is 2. The van der Waals surface area contributed by atoms with Gasteiger partial charge in [-0.15, -0.1) is 11.3 Å². The Labute approximate surface area is 309 Å². The number of carbonyl (C=O) groups is 4. The van der Waals surface area contributed by atoms with Crippen molar-refractivity contribution in [2.75, 3.05) is 24.2 Å². The Hall–Kier alpha value is -5.60. The molecule has 0 unspecified atom stereocenters. The molecule has 1 aromatic heterocycles. The molecule has 4 aromatic rings. The third kappa shape index (κ3) is 6.31. The first kappa shape index (κ1) is 35.8. The van der Waals surface area contributed by atoms with Gasteiger partial charge in [0, 0.05) is 17.0 Å². The number of esters is 2. The summed E-state index contributed by atoms with van der Waals surface area (Å²) in [6.45, 7) is 6.52. The largest absolute Gasteiger partial charge is 0.493 e. The van der Waals surface area contributed by atoms with Gasteiger partial charge in [0.25, 0.3) is 11.6 Å². The molecule has 0 bridgehead atoms. The lowest BCUT2D eigenvalue weighted by molar-refractivity contribution is -0.384. The van der Waals surface area contributed by atoms with Crippen molar-refractivity contribution in [1.82, 2.24) is 0 Å². The first-order valence-electron chi connectivity index (χ1n) is 17.1. The number of anilines is 2. The number of nitro groups is 1. The number of ether oxygens (including phenoxy) is 3. The van der Waals surface area contributed by atoms with E-state index in [2.05, 4.69) is 20.8 Å². The van der Waals surface area contributed by atoms with Gasteiger partial charge in [0.05, 0.1) is 42.0 Å². The predicted molar refractivity (Wildman–Crippen MR) is 194 cm³/mol. The summed E-state index contributed by atoms with van der Waals surface area (Å²) in [4.78, 5) is 74.8. The van der Waals surface area contributed by atoms with Gasteiger partial charge in [-0.1, -0.05) is 51.1 Å². The number of amides is 2. The zero-order chi connectivity index (χ0) is 37.8. The van der Waals surface area contributed by atoms with Crippen LogP contribution in [0.3, 0.4) is 0 Å². The summed E-state index contributed by atoms with van der Waals surface area (Å²) in [7, 11) is 2.66. The number of hydroxylamine groups is 1. The molecule has 1 aliphatic carbocycles. The summed E-state index contributed by atoms with van der Waals surface area (Å²) in [5.41, 5.74) is 1.79. The quantitative estimate of drug-likeness (QED) is 0.0611. The molecule has 14 heteroatoms. The van der Waals surface area contributed by atoms with Gasteiger partial charge in [-0.05, 0) is 72.1 Å². The zero-order valence-corrected chi connectivity index (χ0v) is 30.5. The first-order chi connectivity index (χ1) is 25.3. The van der Waals surface area contributed by atoms with Gasteiger partial charge in [-0.25, -0.2) is 19.6 Å². The molecule has 274 valence electrons. The lowest BCUT2D eigenvalue weighted by atomic mass is 9.72. The number of nitrogens with zero attached hydrogens (tertiary/aromatic N) is 3. The van der Waals surface area contributed by atoms with Crippen molar-refractivity contribution < 1.29 is 43.1 Å². The molecule has 3 aromatic carbocycles. The molecule has 4 atom stereocenters. The Morgan fingerprint density at radius 3 is 2.38 bits per heavy atom. The van der Waals surface area contributed by atoms with Crippen molar-refractivity contribution in [3.8, 4) is 11.5 Å². The van der Waals surface area contributed by atoms with Crippen molar-refractivity contribution in [3.63, 3.8) is 0 Å². The summed E-state index contributed by atoms with van der Waals surface area (Å²) in [6, 6.07) is 17.8. The molecule has 0 saturated carbocycles. The highest BCUT2D eigenvalue weighted by atomic mass is 32.1. The van der Waals surface area contributed by atoms with E-state index in [4.69, 9.17) is 19.0 Å². The maximum absolute atomic E-state index is 14.7. The molecule has 0 radical (unpaired) electrons. The number of carbonyl (C=O) groups excluding carboxylic acids is 4. The SMILES string of the molecule is COC(=O)c1c(N2C(=O)[C@@H]3[C@H](ON(c4cccc([N+](=O)[O-])c4)[C@H]3c3ccc(OC(=O)c4ccccc4)c(OC)c3)C2=O)sc2c1CC[C@@H](C(C)(C)C)C2. The van der Waals surface area contributed by atoms with E-state index >= 15 is 0 Å². The number of non-ortho nitro benzene ring substituents is 1. The van der Waals surface area contributed by atoms with Crippen LogP contribution in [0, 0.1) is 27.4 Å². The van der Waals surface area contributed by atoms with E-state index in [0.717, 1.165) is 21.8 Å². The fraction of sp³-hybridized carbons (Fsp3) is 0.333. The second-order valence-electron chi connectivity index (χ2n) is 14.3. The van der Waals surface area contributed by atoms with Crippen LogP contribution >= 0.6 is 11.3 Å². The number of imide groups is 1. The summed E-state index contributed by atoms with van der Waals surface area (Å²) >= 11 is 1.25. The Balaban J connectivity index is 1.30. The van der Waals surface area contributed by atoms with Crippen LogP contribution in [0.1, 0.15) is 70.0 Å². The molecule has 13 nitrogen and oxygen atoms in total. The van der Waals surface area contributed by atoms with Crippen LogP contribution in [0.5, 0.6) is 11.5 Å². The average Bonchev–Trinajstić information content (AvgIpc) is 3.80. The number of rotatable bonds is 8. The molecule has 53 heavy (non-hydrogen) atoms. The minimum Gasteiger partial charge on any atom is -0.493 e. The number of thiophene rings is 1. The van der Waals surface area contributed by atoms with Gasteiger partial charge in [-0.2, -0.15) is 0 Å². The van der Waals surface area contributed by atoms with E-state index in [1.165, 1.54) is 54.9 Å². The number of benzene rings is 3. The van der Waals surface area contributed by atoms with Gasteiger partial charge >= 0.3 is 11.9 Å². The summed E-state index contributed by atoms with van der Waals surface area (Å²) in [6.07, 6.45) is 0.797. The van der Waals surface area contributed by atoms with Crippen molar-refractivity contribution in [3.05, 3.63) is 110 Å². The number of hydrogen-bond acceptors (Lipinski definition) is 12. The highest BCUT2D eigenvalue weighted by Crippen LogP contribution is 2.52. The van der Waals surface area contributed by atoms with Crippen molar-refractivity contribution in [2.45, 2.75) is 52.2 Å². The van der Waals surface area contributed by atoms with E-state index in [9.17, 15) is 29.3 Å². The third-order valence-electron chi connectivity index (χ3n) is 10.2. The second-order valence-corrected chi connectivity index (χ2v) is 15.3. The summed E-state index contributed by atoms with van der Waals surface area (Å²) < 4.78 is 16.5. The zero-order valence-electron chi connectivity index (χ0n) is 29.7. The number of fused-ring (bicyclic) bond motifs is 2. The van der Waals surface area contributed by atoms with Crippen LogP contribution in [-0.2, 0) is 32.0 Å². The lowest BCUT2D eigenvalue weighted by Crippen LogP contribution is -2.37. The van der Waals surface area contributed by atoms with Gasteiger partial charge in [0.2, 0.25) is 5.91 Å². The van der Waals surface area contributed by atoms with E-state index in [0.29, 0.717) is 29.9 Å². The van der Waals surface area contributed by atoms with Gasteiger partial charge < -0.3 is 14.2 Å². The molecule has 0 spiro atoms. The minimum atomic E-state index is -1.33. The van der Waals surface area contributed by atoms with E-state index in [1.807, 2.05) is 0 Å². The van der Waals surface area contributed by atoms with Crippen LogP contribution < -0.4 is 19.4 Å². The molecule has 2 fully saturated rings. The summed E-state index contributed by atoms with van der Waals surface area (Å²) in [5, 5.41) is 13.3. The topological polar surface area (TPSA) is 155 Å². The molecular formula is C39H37N3O10S. The van der Waals surface area contributed by atoms with Gasteiger partial charge in [-0.3, -0.25) is 24.5 Å². The van der Waals surface area contributed by atoms with Crippen LogP contribution in [-0.4, -0.2) is 49.0 Å². The molecule has 2 saturated heterocycles. The number of hydrogen-bond donors (Lipinski definition) is 0. The molecule has 2 aliphatic heterocycles. The minimum absolute atomic E-state index is 0.0110. The Morgan fingerprint density at radius 2 is 1.70 bits per heavy atom. The van der Waals surface area contributed by atoms with E-state index < -0.39 is 46.7 Å². The first-order valence-corrected chi connectivity index (χ1v) is 17.9. The summed E-state index contributed by atoms with van der Waals surface area (Å²) in [5.74, 6) is -3.06. The maximum Gasteiger partial charge on any atom is 0.343 e. The number of nitro benzene ring substituents is 1. The Kier molecular flexibility index (Phi) is 9.28. The third-order valence-corrected chi connectivity index (χ3v) is 11.5. The highest BCUT2D eigenvalue weighted by molar-refractivity contribution is 7.17. The van der Waals surface area contributed by atoms with Crippen LogP contribution in [0.15, 0.2) is 72.8 Å². The van der Waals surface area contributed by atoms with Crippen molar-refractivity contribution in [1.29, 1.82) is 0 Å². The van der Waals surface area contributed by atoms with Crippen molar-refractivity contribution >= 4 is 51.5 Å². The smallest absolute Gasteiger partial charge is 0.343 e. The predicted octanol–water partition coefficient (Wildman–Crippen LogP) is 6.87. The molecule has 3 heterocycles. The van der Waals surface area contributed by atoms with Crippen LogP contribution in [0.4, 0.5) is 16.4 Å². The molecule has 2 amide bonds. The van der Waals surface area contributed by atoms with Crippen LogP contribution in [0.25, 0.3) is 0 Å². The molecule has 7 rings (SSSR count). The fourth-order valence-electron chi connectivity index (χ4n) is 7.39.